The van der Waals surface area contributed by atoms with Crippen molar-refractivity contribution < 1.29 is 13.2 Å². The van der Waals surface area contributed by atoms with Crippen molar-refractivity contribution in [3.63, 3.8) is 0 Å². The third-order valence-corrected chi connectivity index (χ3v) is 1.91. The van der Waals surface area contributed by atoms with Crippen molar-refractivity contribution in [2.24, 2.45) is 5.11 Å². The van der Waals surface area contributed by atoms with Crippen LogP contribution in [0.4, 0.5) is 13.2 Å². The van der Waals surface area contributed by atoms with Gasteiger partial charge in [0.2, 0.25) is 0 Å². The van der Waals surface area contributed by atoms with Gasteiger partial charge in [0.1, 0.15) is 0 Å². The van der Waals surface area contributed by atoms with Crippen LogP contribution in [0.3, 0.4) is 0 Å². The molecule has 0 radical (unpaired) electrons. The summed E-state index contributed by atoms with van der Waals surface area (Å²) in [5, 5.41) is 3.22. The number of halogens is 3. The van der Waals surface area contributed by atoms with Gasteiger partial charge in [0.25, 0.3) is 0 Å². The number of hydrogen-bond acceptors (Lipinski definition) is 2. The van der Waals surface area contributed by atoms with Gasteiger partial charge in [0.15, 0.2) is 0 Å². The fraction of sp³-hybridized carbons (Fsp3) is 0.333. The summed E-state index contributed by atoms with van der Waals surface area (Å²) >= 11 is 0. The molecule has 0 aliphatic heterocycles. The molecule has 0 aliphatic carbocycles. The Morgan fingerprint density at radius 1 is 1.21 bits per heavy atom. The van der Waals surface area contributed by atoms with Gasteiger partial charge < -0.3 is 0 Å². The van der Waals surface area contributed by atoms with Crippen molar-refractivity contribution >= 4 is 0 Å². The predicted octanol–water partition coefficient (Wildman–Crippen LogP) is 3.80. The second kappa shape index (κ2) is 3.77. The minimum Gasteiger partial charge on any atom is -0.209 e. The van der Waals surface area contributed by atoms with Crippen LogP contribution in [0, 0.1) is 5.53 Å². The first-order valence-corrected chi connectivity index (χ1v) is 3.99. The Morgan fingerprint density at radius 2 is 1.71 bits per heavy atom. The normalized spacial score (nSPS) is 13.7. The SMILES string of the molecule is CC(N=N)c1ccc(C(F)(F)F)cc1. The molecule has 0 bridgehead atoms. The van der Waals surface area contributed by atoms with Crippen LogP contribution < -0.4 is 0 Å². The third kappa shape index (κ3) is 2.31. The topological polar surface area (TPSA) is 36.2 Å². The summed E-state index contributed by atoms with van der Waals surface area (Å²) in [6.07, 6.45) is -4.31. The number of alkyl halides is 3. The quantitative estimate of drug-likeness (QED) is 0.708. The van der Waals surface area contributed by atoms with Crippen LogP contribution in [0.15, 0.2) is 29.4 Å². The van der Waals surface area contributed by atoms with Gasteiger partial charge >= 0.3 is 6.18 Å². The molecule has 5 heteroatoms. The van der Waals surface area contributed by atoms with Crippen molar-refractivity contribution in [1.82, 2.24) is 0 Å². The molecule has 2 nitrogen and oxygen atoms in total. The van der Waals surface area contributed by atoms with Crippen LogP contribution in [-0.2, 0) is 6.18 Å². The minimum absolute atomic E-state index is 0.391. The van der Waals surface area contributed by atoms with Crippen LogP contribution in [0.2, 0.25) is 0 Å². The highest BCUT2D eigenvalue weighted by atomic mass is 19.4. The Labute approximate surface area is 79.3 Å². The summed E-state index contributed by atoms with van der Waals surface area (Å²) in [6, 6.07) is 4.28. The van der Waals surface area contributed by atoms with Crippen molar-refractivity contribution in [3.8, 4) is 0 Å². The van der Waals surface area contributed by atoms with E-state index in [9.17, 15) is 13.2 Å². The average Bonchev–Trinajstić information content (AvgIpc) is 2.15. The minimum atomic E-state index is -4.31. The van der Waals surface area contributed by atoms with E-state index in [1.54, 1.807) is 6.92 Å². The maximum Gasteiger partial charge on any atom is 0.416 e. The Morgan fingerprint density at radius 3 is 2.07 bits per heavy atom. The third-order valence-electron chi connectivity index (χ3n) is 1.91. The van der Waals surface area contributed by atoms with Gasteiger partial charge in [-0.3, -0.25) is 0 Å². The van der Waals surface area contributed by atoms with Crippen LogP contribution in [0.25, 0.3) is 0 Å². The van der Waals surface area contributed by atoms with E-state index in [-0.39, 0.29) is 0 Å². The zero-order valence-corrected chi connectivity index (χ0v) is 7.47. The molecule has 0 spiro atoms. The fourth-order valence-corrected chi connectivity index (χ4v) is 1.03. The molecule has 0 aliphatic rings. The zero-order chi connectivity index (χ0) is 10.8. The van der Waals surface area contributed by atoms with Gasteiger partial charge in [0, 0.05) is 0 Å². The number of nitrogens with zero attached hydrogens (tertiary/aromatic N) is 1. The molecule has 0 fully saturated rings. The Bertz CT molecular complexity index is 316. The van der Waals surface area contributed by atoms with Crippen LogP contribution in [0.5, 0.6) is 0 Å². The average molecular weight is 202 g/mol. The van der Waals surface area contributed by atoms with Gasteiger partial charge in [0.05, 0.1) is 11.6 Å². The van der Waals surface area contributed by atoms with Gasteiger partial charge in [-0.2, -0.15) is 18.3 Å². The number of nitrogens with one attached hydrogen (secondary N) is 1. The predicted molar refractivity (Wildman–Crippen MR) is 45.0 cm³/mol. The van der Waals surface area contributed by atoms with Crippen molar-refractivity contribution in [2.75, 3.05) is 0 Å². The number of rotatable bonds is 2. The Hall–Kier alpha value is -1.39. The van der Waals surface area contributed by atoms with E-state index in [0.29, 0.717) is 5.56 Å². The van der Waals surface area contributed by atoms with Gasteiger partial charge in [-0.05, 0) is 24.6 Å². The smallest absolute Gasteiger partial charge is 0.209 e. The molecule has 0 amide bonds. The molecule has 0 aromatic heterocycles. The Kier molecular flexibility index (Phi) is 2.88. The highest BCUT2D eigenvalue weighted by Crippen LogP contribution is 2.30. The van der Waals surface area contributed by atoms with Crippen LogP contribution in [-0.4, -0.2) is 0 Å². The molecular weight excluding hydrogens is 193 g/mol. The molecule has 1 atom stereocenters. The molecule has 76 valence electrons. The fourth-order valence-electron chi connectivity index (χ4n) is 1.03. The lowest BCUT2D eigenvalue weighted by Crippen LogP contribution is -2.04. The molecule has 14 heavy (non-hydrogen) atoms. The van der Waals surface area contributed by atoms with Crippen molar-refractivity contribution in [3.05, 3.63) is 35.4 Å². The summed E-state index contributed by atoms with van der Waals surface area (Å²) in [5.74, 6) is 0. The molecule has 0 saturated carbocycles. The van der Waals surface area contributed by atoms with E-state index in [1.165, 1.54) is 12.1 Å². The molecule has 1 N–H and O–H groups in total. The number of hydrogen-bond donors (Lipinski definition) is 1. The van der Waals surface area contributed by atoms with Gasteiger partial charge in [-0.15, -0.1) is 0 Å². The van der Waals surface area contributed by atoms with E-state index in [4.69, 9.17) is 5.53 Å². The summed E-state index contributed by atoms with van der Waals surface area (Å²) < 4.78 is 36.4. The van der Waals surface area contributed by atoms with E-state index in [2.05, 4.69) is 5.11 Å². The highest BCUT2D eigenvalue weighted by molar-refractivity contribution is 5.26. The monoisotopic (exact) mass is 202 g/mol. The van der Waals surface area contributed by atoms with Crippen molar-refractivity contribution in [2.45, 2.75) is 19.1 Å². The first-order valence-electron chi connectivity index (χ1n) is 3.99. The Balaban J connectivity index is 2.95. The molecular formula is C9H9F3N2. The maximum atomic E-state index is 12.1. The first-order chi connectivity index (χ1) is 6.45. The lowest BCUT2D eigenvalue weighted by molar-refractivity contribution is -0.137. The van der Waals surface area contributed by atoms with E-state index in [0.717, 1.165) is 12.1 Å². The lowest BCUT2D eigenvalue weighted by atomic mass is 10.1. The molecule has 0 saturated heterocycles. The van der Waals surface area contributed by atoms with E-state index >= 15 is 0 Å². The van der Waals surface area contributed by atoms with Crippen LogP contribution in [0.1, 0.15) is 24.1 Å². The molecule has 1 rings (SSSR count). The van der Waals surface area contributed by atoms with Gasteiger partial charge in [-0.25, -0.2) is 5.53 Å². The largest absolute Gasteiger partial charge is 0.416 e. The molecule has 1 unspecified atom stereocenters. The molecule has 1 aromatic carbocycles. The van der Waals surface area contributed by atoms with Crippen molar-refractivity contribution in [1.29, 1.82) is 5.53 Å². The summed E-state index contributed by atoms with van der Waals surface area (Å²) in [7, 11) is 0. The standard InChI is InChI=1S/C9H9F3N2/c1-6(14-13)7-2-4-8(5-3-7)9(10,11)12/h2-6,13H,1H3. The van der Waals surface area contributed by atoms with Gasteiger partial charge in [-0.1, -0.05) is 12.1 Å². The summed E-state index contributed by atoms with van der Waals surface area (Å²) in [4.78, 5) is 0. The molecule has 0 heterocycles. The van der Waals surface area contributed by atoms with E-state index < -0.39 is 17.8 Å². The summed E-state index contributed by atoms with van der Waals surface area (Å²) in [6.45, 7) is 1.65. The second-order valence-corrected chi connectivity index (χ2v) is 2.92. The number of benzene rings is 1. The van der Waals surface area contributed by atoms with Crippen LogP contribution >= 0.6 is 0 Å². The molecule has 1 aromatic rings. The zero-order valence-electron chi connectivity index (χ0n) is 7.47. The summed E-state index contributed by atoms with van der Waals surface area (Å²) in [5.41, 5.74) is 6.65. The maximum absolute atomic E-state index is 12.1. The van der Waals surface area contributed by atoms with E-state index in [1.807, 2.05) is 0 Å². The highest BCUT2D eigenvalue weighted by Gasteiger charge is 2.30. The first kappa shape index (κ1) is 10.7. The lowest BCUT2D eigenvalue weighted by Gasteiger charge is -2.08. The second-order valence-electron chi connectivity index (χ2n) is 2.92.